The van der Waals surface area contributed by atoms with E-state index >= 15 is 0 Å². The van der Waals surface area contributed by atoms with E-state index in [1.54, 1.807) is 41.3 Å². The molecule has 1 aliphatic rings. The number of thiazole rings is 1. The summed E-state index contributed by atoms with van der Waals surface area (Å²) < 4.78 is 0. The SMILES string of the molecule is CN1CCc2nc(NC(=O)c3cccc(CN(Cc4ccccc4)C(=O)Nc4cccc(C#N)c4)c3)sc2C1. The van der Waals surface area contributed by atoms with Crippen molar-refractivity contribution in [2.45, 2.75) is 26.1 Å². The summed E-state index contributed by atoms with van der Waals surface area (Å²) in [6.45, 7) is 2.47. The molecule has 0 saturated carbocycles. The average Bonchev–Trinajstić information content (AvgIpc) is 3.34. The molecule has 8 nitrogen and oxygen atoms in total. The van der Waals surface area contributed by atoms with Crippen molar-refractivity contribution in [2.75, 3.05) is 24.2 Å². The second-order valence-corrected chi connectivity index (χ2v) is 10.6. The maximum absolute atomic E-state index is 13.3. The molecule has 39 heavy (non-hydrogen) atoms. The molecule has 0 atom stereocenters. The van der Waals surface area contributed by atoms with Gasteiger partial charge in [0.15, 0.2) is 5.13 Å². The topological polar surface area (TPSA) is 101 Å². The number of anilines is 2. The molecule has 2 N–H and O–H groups in total. The minimum Gasteiger partial charge on any atom is -0.316 e. The Morgan fingerprint density at radius 3 is 2.59 bits per heavy atom. The van der Waals surface area contributed by atoms with Gasteiger partial charge in [0, 0.05) is 48.7 Å². The largest absolute Gasteiger partial charge is 0.322 e. The summed E-state index contributed by atoms with van der Waals surface area (Å²) in [5.74, 6) is -0.233. The predicted molar refractivity (Wildman–Crippen MR) is 152 cm³/mol. The summed E-state index contributed by atoms with van der Waals surface area (Å²) >= 11 is 1.52. The highest BCUT2D eigenvalue weighted by Crippen LogP contribution is 2.28. The summed E-state index contributed by atoms with van der Waals surface area (Å²) in [5, 5.41) is 15.7. The van der Waals surface area contributed by atoms with E-state index in [0.29, 0.717) is 28.5 Å². The van der Waals surface area contributed by atoms with Crippen molar-refractivity contribution in [3.8, 4) is 6.07 Å². The van der Waals surface area contributed by atoms with Gasteiger partial charge in [-0.1, -0.05) is 48.5 Å². The number of benzene rings is 3. The summed E-state index contributed by atoms with van der Waals surface area (Å²) in [4.78, 5) is 36.2. The van der Waals surface area contributed by atoms with Crippen LogP contribution in [0.2, 0.25) is 0 Å². The van der Waals surface area contributed by atoms with Crippen LogP contribution in [0.25, 0.3) is 0 Å². The number of carbonyl (C=O) groups is 2. The number of urea groups is 1. The summed E-state index contributed by atoms with van der Waals surface area (Å²) in [6.07, 6.45) is 0.883. The Hall–Kier alpha value is -4.52. The van der Waals surface area contributed by atoms with E-state index in [2.05, 4.69) is 33.6 Å². The highest BCUT2D eigenvalue weighted by Gasteiger charge is 2.20. The number of aromatic nitrogens is 1. The van der Waals surface area contributed by atoms with E-state index in [9.17, 15) is 14.9 Å². The fourth-order valence-electron chi connectivity index (χ4n) is 4.45. The van der Waals surface area contributed by atoms with E-state index in [0.717, 1.165) is 36.3 Å². The van der Waals surface area contributed by atoms with Gasteiger partial charge in [-0.25, -0.2) is 9.78 Å². The zero-order valence-corrected chi connectivity index (χ0v) is 22.4. The second-order valence-electron chi connectivity index (χ2n) is 9.50. The Morgan fingerprint density at radius 1 is 1.00 bits per heavy atom. The monoisotopic (exact) mass is 536 g/mol. The number of fused-ring (bicyclic) bond motifs is 1. The number of nitriles is 1. The number of carbonyl (C=O) groups excluding carboxylic acids is 2. The van der Waals surface area contributed by atoms with Crippen LogP contribution in [0.4, 0.5) is 15.6 Å². The summed E-state index contributed by atoms with van der Waals surface area (Å²) in [5.41, 5.74) is 4.37. The lowest BCUT2D eigenvalue weighted by Crippen LogP contribution is -2.34. The number of hydrogen-bond acceptors (Lipinski definition) is 6. The van der Waals surface area contributed by atoms with Gasteiger partial charge >= 0.3 is 6.03 Å². The molecule has 0 fully saturated rings. The third-order valence-electron chi connectivity index (χ3n) is 6.45. The van der Waals surface area contributed by atoms with Gasteiger partial charge in [0.25, 0.3) is 5.91 Å². The van der Waals surface area contributed by atoms with Crippen LogP contribution < -0.4 is 10.6 Å². The van der Waals surface area contributed by atoms with Gasteiger partial charge in [0.1, 0.15) is 0 Å². The lowest BCUT2D eigenvalue weighted by Gasteiger charge is -2.24. The lowest BCUT2D eigenvalue weighted by atomic mass is 10.1. The Kier molecular flexibility index (Phi) is 7.96. The quantitative estimate of drug-likeness (QED) is 0.325. The molecule has 196 valence electrons. The Balaban J connectivity index is 1.32. The van der Waals surface area contributed by atoms with Gasteiger partial charge in [0.2, 0.25) is 0 Å². The van der Waals surface area contributed by atoms with E-state index in [1.165, 1.54) is 16.2 Å². The maximum atomic E-state index is 13.3. The Bertz CT molecular complexity index is 1530. The van der Waals surface area contributed by atoms with Crippen LogP contribution >= 0.6 is 11.3 Å². The van der Waals surface area contributed by atoms with Crippen molar-refractivity contribution < 1.29 is 9.59 Å². The lowest BCUT2D eigenvalue weighted by molar-refractivity contribution is 0.102. The molecule has 3 aromatic carbocycles. The van der Waals surface area contributed by atoms with Gasteiger partial charge in [0.05, 0.1) is 17.3 Å². The second kappa shape index (κ2) is 11.9. The summed E-state index contributed by atoms with van der Waals surface area (Å²) in [7, 11) is 2.08. The van der Waals surface area contributed by atoms with E-state index < -0.39 is 0 Å². The van der Waals surface area contributed by atoms with Crippen LogP contribution in [0.15, 0.2) is 78.9 Å². The molecule has 0 bridgehead atoms. The fourth-order valence-corrected chi connectivity index (χ4v) is 5.53. The average molecular weight is 537 g/mol. The highest BCUT2D eigenvalue weighted by molar-refractivity contribution is 7.15. The predicted octanol–water partition coefficient (Wildman–Crippen LogP) is 5.49. The Morgan fingerprint density at radius 2 is 1.77 bits per heavy atom. The van der Waals surface area contributed by atoms with Crippen LogP contribution in [0.3, 0.4) is 0 Å². The molecule has 5 rings (SSSR count). The molecular weight excluding hydrogens is 508 g/mol. The van der Waals surface area contributed by atoms with E-state index in [1.807, 2.05) is 42.5 Å². The van der Waals surface area contributed by atoms with Gasteiger partial charge in [-0.3, -0.25) is 10.1 Å². The van der Waals surface area contributed by atoms with Crippen molar-refractivity contribution in [1.82, 2.24) is 14.8 Å². The van der Waals surface area contributed by atoms with E-state index in [-0.39, 0.29) is 18.5 Å². The van der Waals surface area contributed by atoms with Crippen LogP contribution in [0.5, 0.6) is 0 Å². The maximum Gasteiger partial charge on any atom is 0.322 e. The number of rotatable bonds is 7. The minimum absolute atomic E-state index is 0.233. The van der Waals surface area contributed by atoms with Crippen molar-refractivity contribution in [3.05, 3.63) is 112 Å². The first-order chi connectivity index (χ1) is 19.0. The van der Waals surface area contributed by atoms with Crippen molar-refractivity contribution in [2.24, 2.45) is 0 Å². The van der Waals surface area contributed by atoms with Crippen LogP contribution in [-0.4, -0.2) is 40.3 Å². The standard InChI is InChI=1S/C30H28N6O2S/c1-35-14-13-26-27(20-35)39-29(33-26)34-28(37)24-11-5-10-23(15-24)19-36(18-21-7-3-2-4-8-21)30(38)32-25-12-6-9-22(16-25)17-31/h2-12,15-16H,13-14,18-20H2,1H3,(H,32,38)(H,33,34,37). The molecule has 2 heterocycles. The normalized spacial score (nSPS) is 12.7. The van der Waals surface area contributed by atoms with Crippen molar-refractivity contribution in [3.63, 3.8) is 0 Å². The molecule has 0 aliphatic carbocycles. The number of likely N-dealkylation sites (N-methyl/N-ethyl adjacent to an activating group) is 1. The molecular formula is C30H28N6O2S. The Labute approximate surface area is 231 Å². The molecule has 1 aliphatic heterocycles. The van der Waals surface area contributed by atoms with Gasteiger partial charge in [-0.15, -0.1) is 11.3 Å². The molecule has 0 radical (unpaired) electrons. The zero-order chi connectivity index (χ0) is 27.2. The summed E-state index contributed by atoms with van der Waals surface area (Å²) in [6, 6.07) is 25.6. The first-order valence-electron chi connectivity index (χ1n) is 12.6. The smallest absolute Gasteiger partial charge is 0.316 e. The van der Waals surface area contributed by atoms with Gasteiger partial charge in [-0.2, -0.15) is 5.26 Å². The number of nitrogens with zero attached hydrogens (tertiary/aromatic N) is 4. The first-order valence-corrected chi connectivity index (χ1v) is 13.5. The van der Waals surface area contributed by atoms with Crippen LogP contribution in [0.1, 0.15) is 37.6 Å². The highest BCUT2D eigenvalue weighted by atomic mass is 32.1. The number of amides is 3. The van der Waals surface area contributed by atoms with Crippen molar-refractivity contribution >= 4 is 34.1 Å². The first kappa shape index (κ1) is 26.1. The number of nitrogens with one attached hydrogen (secondary N) is 2. The minimum atomic E-state index is -0.304. The molecule has 9 heteroatoms. The zero-order valence-electron chi connectivity index (χ0n) is 21.6. The van der Waals surface area contributed by atoms with E-state index in [4.69, 9.17) is 0 Å². The van der Waals surface area contributed by atoms with Gasteiger partial charge in [-0.05, 0) is 48.5 Å². The van der Waals surface area contributed by atoms with Crippen molar-refractivity contribution in [1.29, 1.82) is 5.26 Å². The number of hydrogen-bond donors (Lipinski definition) is 2. The van der Waals surface area contributed by atoms with Gasteiger partial charge < -0.3 is 15.1 Å². The third kappa shape index (κ3) is 6.68. The molecule has 4 aromatic rings. The molecule has 0 unspecified atom stereocenters. The third-order valence-corrected chi connectivity index (χ3v) is 7.45. The molecule has 3 amide bonds. The molecule has 1 aromatic heterocycles. The molecule has 0 spiro atoms. The van der Waals surface area contributed by atoms with Crippen LogP contribution in [-0.2, 0) is 26.1 Å². The fraction of sp³-hybridized carbons (Fsp3) is 0.200. The molecule has 0 saturated heterocycles. The van der Waals surface area contributed by atoms with Crippen LogP contribution in [0, 0.1) is 11.3 Å².